The van der Waals surface area contributed by atoms with E-state index in [0.717, 1.165) is 17.1 Å². The number of thiazole rings is 1. The monoisotopic (exact) mass is 590 g/mol. The quantitative estimate of drug-likeness (QED) is 0.327. The SMILES string of the molecule is C[C@H]1CN([C@@H](C)CO)C(=O)c2cccc(NC(=O)c3ccc(-c4nccs4)cc3)c2O[C@H]1CN(C)CC1CCCCC1. The number of carbonyl (C=O) groups excluding carboxylic acids is 2. The molecule has 1 aliphatic heterocycles. The third kappa shape index (κ3) is 7.02. The Morgan fingerprint density at radius 2 is 1.93 bits per heavy atom. The van der Waals surface area contributed by atoms with Crippen molar-refractivity contribution < 1.29 is 19.4 Å². The summed E-state index contributed by atoms with van der Waals surface area (Å²) in [6.07, 6.45) is 8.02. The van der Waals surface area contributed by atoms with E-state index in [4.69, 9.17) is 4.74 Å². The number of likely N-dealkylation sites (N-methyl/N-ethyl adjacent to an activating group) is 1. The Morgan fingerprint density at radius 1 is 1.17 bits per heavy atom. The van der Waals surface area contributed by atoms with Gasteiger partial charge in [-0.15, -0.1) is 11.3 Å². The number of amides is 2. The maximum atomic E-state index is 13.8. The van der Waals surface area contributed by atoms with Gasteiger partial charge in [0.25, 0.3) is 11.8 Å². The number of aliphatic hydroxyl groups excluding tert-OH is 1. The van der Waals surface area contributed by atoms with Crippen molar-refractivity contribution in [2.24, 2.45) is 11.8 Å². The van der Waals surface area contributed by atoms with Crippen LogP contribution in [-0.2, 0) is 0 Å². The van der Waals surface area contributed by atoms with E-state index >= 15 is 0 Å². The summed E-state index contributed by atoms with van der Waals surface area (Å²) in [7, 11) is 2.15. The van der Waals surface area contributed by atoms with Gasteiger partial charge in [0.1, 0.15) is 11.1 Å². The van der Waals surface area contributed by atoms with Gasteiger partial charge in [-0.2, -0.15) is 0 Å². The second-order valence-corrected chi connectivity index (χ2v) is 12.8. The lowest BCUT2D eigenvalue weighted by Gasteiger charge is -2.39. The van der Waals surface area contributed by atoms with Crippen molar-refractivity contribution in [3.05, 3.63) is 65.2 Å². The molecule has 0 bridgehead atoms. The van der Waals surface area contributed by atoms with Crippen LogP contribution in [0.15, 0.2) is 54.0 Å². The fourth-order valence-corrected chi connectivity index (χ4v) is 6.72. The Kier molecular flexibility index (Phi) is 9.92. The maximum absolute atomic E-state index is 13.8. The summed E-state index contributed by atoms with van der Waals surface area (Å²) in [5.74, 6) is 0.590. The van der Waals surface area contributed by atoms with E-state index in [1.807, 2.05) is 24.4 Å². The zero-order valence-corrected chi connectivity index (χ0v) is 25.6. The average Bonchev–Trinajstić information content (AvgIpc) is 3.55. The largest absolute Gasteiger partial charge is 0.486 e. The molecule has 3 atom stereocenters. The fourth-order valence-electron chi connectivity index (χ4n) is 6.08. The zero-order valence-electron chi connectivity index (χ0n) is 24.8. The molecule has 0 unspecified atom stereocenters. The first-order valence-corrected chi connectivity index (χ1v) is 15.9. The first kappa shape index (κ1) is 30.2. The molecule has 2 N–H and O–H groups in total. The number of hydrogen-bond acceptors (Lipinski definition) is 7. The lowest BCUT2D eigenvalue weighted by atomic mass is 9.89. The predicted octanol–water partition coefficient (Wildman–Crippen LogP) is 5.79. The minimum atomic E-state index is -0.346. The van der Waals surface area contributed by atoms with Crippen LogP contribution in [0.4, 0.5) is 5.69 Å². The Labute approximate surface area is 252 Å². The molecule has 0 saturated heterocycles. The van der Waals surface area contributed by atoms with Crippen LogP contribution in [0, 0.1) is 11.8 Å². The van der Waals surface area contributed by atoms with Gasteiger partial charge in [-0.05, 0) is 57.0 Å². The molecule has 1 aliphatic carbocycles. The van der Waals surface area contributed by atoms with E-state index in [1.165, 1.54) is 32.1 Å². The first-order valence-electron chi connectivity index (χ1n) is 15.0. The highest BCUT2D eigenvalue weighted by Gasteiger charge is 2.35. The molecule has 224 valence electrons. The average molecular weight is 591 g/mol. The standard InChI is InChI=1S/C33H42N4O4S/c1-22-18-37(23(2)21-38)33(40)27-10-7-11-28(30(27)41-29(22)20-36(3)19-24-8-5-4-6-9-24)35-31(39)25-12-14-26(15-13-25)32-34-16-17-42-32/h7,10-17,22-24,29,38H,4-6,8-9,18-21H2,1-3H3,(H,35,39)/t22-,23-,29-/m0/s1. The van der Waals surface area contributed by atoms with Crippen LogP contribution in [0.2, 0.25) is 0 Å². The minimum Gasteiger partial charge on any atom is -0.486 e. The topological polar surface area (TPSA) is 95.0 Å². The van der Waals surface area contributed by atoms with Gasteiger partial charge in [0, 0.05) is 48.3 Å². The molecule has 0 spiro atoms. The molecule has 3 aromatic rings. The van der Waals surface area contributed by atoms with Crippen molar-refractivity contribution in [2.75, 3.05) is 38.6 Å². The third-order valence-corrected chi connectivity index (χ3v) is 9.37. The van der Waals surface area contributed by atoms with Crippen molar-refractivity contribution in [3.63, 3.8) is 0 Å². The van der Waals surface area contributed by atoms with Gasteiger partial charge < -0.3 is 25.0 Å². The lowest BCUT2D eigenvalue weighted by molar-refractivity contribution is 0.0332. The second-order valence-electron chi connectivity index (χ2n) is 11.9. The highest BCUT2D eigenvalue weighted by molar-refractivity contribution is 7.13. The summed E-state index contributed by atoms with van der Waals surface area (Å²) in [5, 5.41) is 15.8. The maximum Gasteiger partial charge on any atom is 0.258 e. The number of benzene rings is 2. The number of ether oxygens (including phenoxy) is 1. The first-order chi connectivity index (χ1) is 20.3. The zero-order chi connectivity index (χ0) is 29.6. The number of nitrogens with zero attached hydrogens (tertiary/aromatic N) is 3. The van der Waals surface area contributed by atoms with Crippen molar-refractivity contribution >= 4 is 28.8 Å². The van der Waals surface area contributed by atoms with Crippen LogP contribution in [0.5, 0.6) is 5.75 Å². The van der Waals surface area contributed by atoms with Crippen molar-refractivity contribution in [1.82, 2.24) is 14.8 Å². The number of carbonyl (C=O) groups is 2. The molecule has 2 aromatic carbocycles. The molecule has 2 amide bonds. The van der Waals surface area contributed by atoms with Crippen LogP contribution in [0.3, 0.4) is 0 Å². The van der Waals surface area contributed by atoms with E-state index < -0.39 is 0 Å². The third-order valence-electron chi connectivity index (χ3n) is 8.55. The fraction of sp³-hybridized carbons (Fsp3) is 0.485. The van der Waals surface area contributed by atoms with Crippen molar-refractivity contribution in [3.8, 4) is 16.3 Å². The second kappa shape index (κ2) is 13.8. The predicted molar refractivity (Wildman–Crippen MR) is 167 cm³/mol. The van der Waals surface area contributed by atoms with Gasteiger partial charge in [-0.1, -0.05) is 44.4 Å². The Bertz CT molecular complexity index is 1340. The number of aliphatic hydroxyl groups is 1. The summed E-state index contributed by atoms with van der Waals surface area (Å²) in [6.45, 7) is 6.02. The molecule has 0 radical (unpaired) electrons. The summed E-state index contributed by atoms with van der Waals surface area (Å²) in [4.78, 5) is 35.6. The molecular formula is C33H42N4O4S. The van der Waals surface area contributed by atoms with Crippen molar-refractivity contribution in [1.29, 1.82) is 0 Å². The number of hydrogen-bond donors (Lipinski definition) is 2. The van der Waals surface area contributed by atoms with Crippen LogP contribution in [0.25, 0.3) is 10.6 Å². The number of anilines is 1. The molecule has 2 aliphatic rings. The Morgan fingerprint density at radius 3 is 2.62 bits per heavy atom. The van der Waals surface area contributed by atoms with Gasteiger partial charge >= 0.3 is 0 Å². The van der Waals surface area contributed by atoms with E-state index in [9.17, 15) is 14.7 Å². The van der Waals surface area contributed by atoms with Crippen LogP contribution in [-0.4, -0.2) is 77.1 Å². The summed E-state index contributed by atoms with van der Waals surface area (Å²) in [5.41, 5.74) is 2.30. The summed E-state index contributed by atoms with van der Waals surface area (Å²) < 4.78 is 6.70. The molecule has 8 nitrogen and oxygen atoms in total. The summed E-state index contributed by atoms with van der Waals surface area (Å²) >= 11 is 1.55. The van der Waals surface area contributed by atoms with Gasteiger partial charge in [0.2, 0.25) is 0 Å². The van der Waals surface area contributed by atoms with Gasteiger partial charge in [-0.3, -0.25) is 9.59 Å². The van der Waals surface area contributed by atoms with E-state index in [-0.39, 0.29) is 36.5 Å². The molecule has 1 fully saturated rings. The van der Waals surface area contributed by atoms with E-state index in [2.05, 4.69) is 29.2 Å². The highest BCUT2D eigenvalue weighted by atomic mass is 32.1. The molecular weight excluding hydrogens is 548 g/mol. The Balaban J connectivity index is 1.41. The van der Waals surface area contributed by atoms with E-state index in [0.29, 0.717) is 41.6 Å². The molecule has 2 heterocycles. The van der Waals surface area contributed by atoms with E-state index in [1.54, 1.807) is 52.8 Å². The van der Waals surface area contributed by atoms with Crippen LogP contribution in [0.1, 0.15) is 66.7 Å². The lowest BCUT2D eigenvalue weighted by Crippen LogP contribution is -2.50. The van der Waals surface area contributed by atoms with Crippen molar-refractivity contribution in [2.45, 2.75) is 58.1 Å². The smallest absolute Gasteiger partial charge is 0.258 e. The minimum absolute atomic E-state index is 0.00655. The Hall–Kier alpha value is -3.27. The molecule has 9 heteroatoms. The highest BCUT2D eigenvalue weighted by Crippen LogP contribution is 2.35. The number of fused-ring (bicyclic) bond motifs is 1. The van der Waals surface area contributed by atoms with Gasteiger partial charge in [0.05, 0.1) is 23.9 Å². The van der Waals surface area contributed by atoms with Crippen LogP contribution >= 0.6 is 11.3 Å². The number of para-hydroxylation sites is 1. The molecule has 1 saturated carbocycles. The number of rotatable bonds is 9. The number of nitrogens with one attached hydrogen (secondary N) is 1. The molecule has 5 rings (SSSR count). The van der Waals surface area contributed by atoms with Crippen LogP contribution < -0.4 is 10.1 Å². The normalized spacial score (nSPS) is 20.4. The number of aromatic nitrogens is 1. The molecule has 42 heavy (non-hydrogen) atoms. The summed E-state index contributed by atoms with van der Waals surface area (Å²) in [6, 6.07) is 12.3. The van der Waals surface area contributed by atoms with Gasteiger partial charge in [0.15, 0.2) is 5.75 Å². The van der Waals surface area contributed by atoms with Gasteiger partial charge in [-0.25, -0.2) is 4.98 Å². The molecule has 1 aromatic heterocycles.